The van der Waals surface area contributed by atoms with Crippen LogP contribution in [0.5, 0.6) is 5.75 Å². The Morgan fingerprint density at radius 1 is 1.18 bits per heavy atom. The summed E-state index contributed by atoms with van der Waals surface area (Å²) in [5, 5.41) is 13.6. The van der Waals surface area contributed by atoms with E-state index in [1.54, 1.807) is 49.6 Å². The first-order chi connectivity index (χ1) is 10.6. The number of hydrogen-bond acceptors (Lipinski definition) is 5. The lowest BCUT2D eigenvalue weighted by atomic mass is 10.1. The molecule has 0 saturated carbocycles. The van der Waals surface area contributed by atoms with Gasteiger partial charge in [0.05, 0.1) is 12.0 Å². The van der Waals surface area contributed by atoms with Crippen LogP contribution >= 0.6 is 0 Å². The van der Waals surface area contributed by atoms with E-state index in [9.17, 15) is 14.9 Å². The van der Waals surface area contributed by atoms with Crippen LogP contribution in [0.3, 0.4) is 0 Å². The average Bonchev–Trinajstić information content (AvgIpc) is 2.55. The molecular weight excluding hydrogens is 284 g/mol. The molecular formula is C16H14N2O4. The molecule has 0 unspecified atom stereocenters. The first-order valence-electron chi connectivity index (χ1n) is 6.46. The van der Waals surface area contributed by atoms with Gasteiger partial charge in [0.2, 0.25) is 0 Å². The summed E-state index contributed by atoms with van der Waals surface area (Å²) in [5.41, 5.74) is 0.775. The Morgan fingerprint density at radius 2 is 1.86 bits per heavy atom. The third-order valence-corrected chi connectivity index (χ3v) is 2.95. The van der Waals surface area contributed by atoms with E-state index in [2.05, 4.69) is 5.32 Å². The topological polar surface area (TPSA) is 81.5 Å². The highest BCUT2D eigenvalue weighted by atomic mass is 16.6. The summed E-state index contributed by atoms with van der Waals surface area (Å²) >= 11 is 0. The van der Waals surface area contributed by atoms with Crippen molar-refractivity contribution < 1.29 is 14.5 Å². The third-order valence-electron chi connectivity index (χ3n) is 2.95. The zero-order valence-electron chi connectivity index (χ0n) is 11.9. The Bertz CT molecular complexity index is 708. The zero-order valence-corrected chi connectivity index (χ0v) is 11.9. The fraction of sp³-hybridized carbons (Fsp3) is 0.0625. The summed E-state index contributed by atoms with van der Waals surface area (Å²) in [5.74, 6) is 0.451. The van der Waals surface area contributed by atoms with Crippen LogP contribution in [-0.4, -0.2) is 17.8 Å². The molecule has 0 amide bonds. The van der Waals surface area contributed by atoms with Crippen LogP contribution in [-0.2, 0) is 0 Å². The van der Waals surface area contributed by atoms with E-state index in [1.807, 2.05) is 0 Å². The average molecular weight is 298 g/mol. The molecule has 2 rings (SSSR count). The maximum Gasteiger partial charge on any atom is 0.292 e. The molecule has 1 N–H and O–H groups in total. The molecule has 112 valence electrons. The van der Waals surface area contributed by atoms with Crippen molar-refractivity contribution in [1.82, 2.24) is 0 Å². The largest absolute Gasteiger partial charge is 0.497 e. The van der Waals surface area contributed by atoms with Crippen LogP contribution in [0.2, 0.25) is 0 Å². The van der Waals surface area contributed by atoms with Crippen LogP contribution in [0.15, 0.2) is 60.8 Å². The minimum Gasteiger partial charge on any atom is -0.497 e. The molecule has 0 bridgehead atoms. The zero-order chi connectivity index (χ0) is 15.9. The summed E-state index contributed by atoms with van der Waals surface area (Å²) in [6, 6.07) is 12.9. The van der Waals surface area contributed by atoms with E-state index in [4.69, 9.17) is 4.74 Å². The smallest absolute Gasteiger partial charge is 0.292 e. The monoisotopic (exact) mass is 298 g/mol. The number of hydrogen-bond donors (Lipinski definition) is 1. The molecule has 2 aromatic carbocycles. The molecule has 0 aliphatic heterocycles. The second kappa shape index (κ2) is 7.03. The number of nitro groups is 1. The SMILES string of the molecule is COc1ccc(C(=O)/C=C/Nc2ccccc2[N+](=O)[O-])cc1. The van der Waals surface area contributed by atoms with Crippen LogP contribution in [0.1, 0.15) is 10.4 Å². The Hall–Kier alpha value is -3.15. The van der Waals surface area contributed by atoms with Gasteiger partial charge in [0, 0.05) is 23.9 Å². The highest BCUT2D eigenvalue weighted by molar-refractivity contribution is 6.04. The number of carbonyl (C=O) groups excluding carboxylic acids is 1. The quantitative estimate of drug-likeness (QED) is 0.382. The summed E-state index contributed by atoms with van der Waals surface area (Å²) in [6.07, 6.45) is 2.70. The van der Waals surface area contributed by atoms with E-state index in [-0.39, 0.29) is 11.5 Å². The standard InChI is InChI=1S/C16H14N2O4/c1-22-13-8-6-12(7-9-13)16(19)10-11-17-14-4-2-3-5-15(14)18(20)21/h2-11,17H,1H3/b11-10+. The summed E-state index contributed by atoms with van der Waals surface area (Å²) < 4.78 is 5.02. The fourth-order valence-corrected chi connectivity index (χ4v) is 1.81. The van der Waals surface area contributed by atoms with Crippen LogP contribution in [0.25, 0.3) is 0 Å². The number of para-hydroxylation sites is 2. The van der Waals surface area contributed by atoms with Crippen LogP contribution < -0.4 is 10.1 Å². The minimum absolute atomic E-state index is 0.0518. The van der Waals surface area contributed by atoms with Crippen molar-refractivity contribution in [3.63, 3.8) is 0 Å². The number of allylic oxidation sites excluding steroid dienone is 1. The molecule has 0 fully saturated rings. The molecule has 22 heavy (non-hydrogen) atoms. The van der Waals surface area contributed by atoms with E-state index in [0.29, 0.717) is 17.0 Å². The predicted molar refractivity (Wildman–Crippen MR) is 83.2 cm³/mol. The van der Waals surface area contributed by atoms with Crippen molar-refractivity contribution in [2.24, 2.45) is 0 Å². The number of ketones is 1. The molecule has 6 nitrogen and oxygen atoms in total. The van der Waals surface area contributed by atoms with Gasteiger partial charge in [-0.05, 0) is 30.3 Å². The second-order valence-electron chi connectivity index (χ2n) is 4.34. The normalized spacial score (nSPS) is 10.4. The molecule has 0 aliphatic carbocycles. The van der Waals surface area contributed by atoms with Gasteiger partial charge in [0.1, 0.15) is 11.4 Å². The van der Waals surface area contributed by atoms with E-state index in [1.165, 1.54) is 18.3 Å². The van der Waals surface area contributed by atoms with Crippen molar-refractivity contribution in [2.75, 3.05) is 12.4 Å². The molecule has 0 saturated heterocycles. The number of methoxy groups -OCH3 is 1. The number of anilines is 1. The van der Waals surface area contributed by atoms with Gasteiger partial charge in [-0.2, -0.15) is 0 Å². The molecule has 0 spiro atoms. The Balaban J connectivity index is 2.06. The van der Waals surface area contributed by atoms with Crippen LogP contribution in [0.4, 0.5) is 11.4 Å². The number of carbonyl (C=O) groups is 1. The van der Waals surface area contributed by atoms with Gasteiger partial charge >= 0.3 is 0 Å². The number of rotatable bonds is 6. The number of benzene rings is 2. The number of nitrogens with zero attached hydrogens (tertiary/aromatic N) is 1. The molecule has 6 heteroatoms. The summed E-state index contributed by atoms with van der Waals surface area (Å²) in [7, 11) is 1.55. The summed E-state index contributed by atoms with van der Waals surface area (Å²) in [6.45, 7) is 0. The highest BCUT2D eigenvalue weighted by Gasteiger charge is 2.10. The lowest BCUT2D eigenvalue weighted by Crippen LogP contribution is -1.98. The molecule has 0 heterocycles. The van der Waals surface area contributed by atoms with Crippen molar-refractivity contribution in [1.29, 1.82) is 0 Å². The number of ether oxygens (including phenoxy) is 1. The Morgan fingerprint density at radius 3 is 2.50 bits per heavy atom. The van der Waals surface area contributed by atoms with Crippen LogP contribution in [0, 0.1) is 10.1 Å². The van der Waals surface area contributed by atoms with Gasteiger partial charge in [0.15, 0.2) is 5.78 Å². The van der Waals surface area contributed by atoms with E-state index in [0.717, 1.165) is 0 Å². The molecule has 0 atom stereocenters. The highest BCUT2D eigenvalue weighted by Crippen LogP contribution is 2.23. The molecule has 0 aromatic heterocycles. The van der Waals surface area contributed by atoms with Gasteiger partial charge in [-0.1, -0.05) is 12.1 Å². The maximum absolute atomic E-state index is 12.0. The lowest BCUT2D eigenvalue weighted by molar-refractivity contribution is -0.383. The Labute approximate surface area is 127 Å². The number of nitrogens with one attached hydrogen (secondary N) is 1. The van der Waals surface area contributed by atoms with Crippen molar-refractivity contribution in [3.8, 4) is 5.75 Å². The predicted octanol–water partition coefficient (Wildman–Crippen LogP) is 3.41. The first kappa shape index (κ1) is 15.2. The van der Waals surface area contributed by atoms with E-state index < -0.39 is 4.92 Å². The van der Waals surface area contributed by atoms with Gasteiger partial charge in [-0.3, -0.25) is 14.9 Å². The fourth-order valence-electron chi connectivity index (χ4n) is 1.81. The minimum atomic E-state index is -0.485. The van der Waals surface area contributed by atoms with E-state index >= 15 is 0 Å². The maximum atomic E-state index is 12.0. The van der Waals surface area contributed by atoms with Crippen molar-refractivity contribution in [3.05, 3.63) is 76.5 Å². The van der Waals surface area contributed by atoms with Gasteiger partial charge < -0.3 is 10.1 Å². The first-order valence-corrected chi connectivity index (χ1v) is 6.46. The second-order valence-corrected chi connectivity index (χ2v) is 4.34. The van der Waals surface area contributed by atoms with Crippen molar-refractivity contribution in [2.45, 2.75) is 0 Å². The van der Waals surface area contributed by atoms with Gasteiger partial charge in [-0.15, -0.1) is 0 Å². The third kappa shape index (κ3) is 3.69. The van der Waals surface area contributed by atoms with Gasteiger partial charge in [-0.25, -0.2) is 0 Å². The lowest BCUT2D eigenvalue weighted by Gasteiger charge is -2.02. The molecule has 0 aliphatic rings. The molecule has 2 aromatic rings. The molecule has 0 radical (unpaired) electrons. The summed E-state index contributed by atoms with van der Waals surface area (Å²) in [4.78, 5) is 22.3. The number of nitro benzene ring substituents is 1. The van der Waals surface area contributed by atoms with Crippen molar-refractivity contribution >= 4 is 17.2 Å². The Kier molecular flexibility index (Phi) is 4.87. The van der Waals surface area contributed by atoms with Gasteiger partial charge in [0.25, 0.3) is 5.69 Å².